The van der Waals surface area contributed by atoms with Gasteiger partial charge in [0.15, 0.2) is 0 Å². The van der Waals surface area contributed by atoms with E-state index in [-0.39, 0.29) is 0 Å². The molecule has 0 unspecified atom stereocenters. The summed E-state index contributed by atoms with van der Waals surface area (Å²) in [5.41, 5.74) is 2.18. The first-order valence-electron chi connectivity index (χ1n) is 6.68. The molecule has 1 aliphatic rings. The summed E-state index contributed by atoms with van der Waals surface area (Å²) in [5, 5.41) is 0. The quantitative estimate of drug-likeness (QED) is 0.878. The van der Waals surface area contributed by atoms with Crippen molar-refractivity contribution in [2.45, 2.75) is 19.9 Å². The summed E-state index contributed by atoms with van der Waals surface area (Å²) < 4.78 is 0. The van der Waals surface area contributed by atoms with Crippen LogP contribution in [0.25, 0.3) is 11.0 Å². The zero-order valence-electron chi connectivity index (χ0n) is 11.1. The van der Waals surface area contributed by atoms with Gasteiger partial charge < -0.3 is 9.88 Å². The Labute approximate surface area is 108 Å². The maximum Gasteiger partial charge on any atom is 0.203 e. The number of nitrogens with zero attached hydrogens (tertiary/aromatic N) is 3. The molecule has 18 heavy (non-hydrogen) atoms. The maximum atomic E-state index is 4.66. The third kappa shape index (κ3) is 2.08. The molecule has 0 radical (unpaired) electrons. The molecule has 96 valence electrons. The summed E-state index contributed by atoms with van der Waals surface area (Å²) in [6.45, 7) is 8.87. The predicted octanol–water partition coefficient (Wildman–Crippen LogP) is 2.09. The van der Waals surface area contributed by atoms with Crippen LogP contribution in [0, 0.1) is 0 Å². The van der Waals surface area contributed by atoms with E-state index < -0.39 is 0 Å². The van der Waals surface area contributed by atoms with Gasteiger partial charge in [0.2, 0.25) is 5.95 Å². The normalized spacial score (nSPS) is 17.8. The van der Waals surface area contributed by atoms with Crippen LogP contribution in [0.2, 0.25) is 0 Å². The van der Waals surface area contributed by atoms with Crippen LogP contribution in [-0.2, 0) is 0 Å². The highest BCUT2D eigenvalue weighted by atomic mass is 15.3. The van der Waals surface area contributed by atoms with Crippen LogP contribution in [0.5, 0.6) is 0 Å². The van der Waals surface area contributed by atoms with Crippen molar-refractivity contribution in [3.63, 3.8) is 0 Å². The number of piperazine rings is 1. The predicted molar refractivity (Wildman–Crippen MR) is 75.0 cm³/mol. The highest BCUT2D eigenvalue weighted by molar-refractivity contribution is 5.77. The minimum Gasteiger partial charge on any atom is -0.340 e. The summed E-state index contributed by atoms with van der Waals surface area (Å²) in [4.78, 5) is 12.9. The van der Waals surface area contributed by atoms with Gasteiger partial charge in [-0.2, -0.15) is 0 Å². The highest BCUT2D eigenvalue weighted by Crippen LogP contribution is 2.18. The van der Waals surface area contributed by atoms with E-state index in [4.69, 9.17) is 0 Å². The number of hydrogen-bond acceptors (Lipinski definition) is 3. The Morgan fingerprint density at radius 2 is 1.83 bits per heavy atom. The number of H-pyrrole nitrogens is 1. The Kier molecular flexibility index (Phi) is 2.96. The smallest absolute Gasteiger partial charge is 0.203 e. The molecule has 4 nitrogen and oxygen atoms in total. The number of fused-ring (bicyclic) bond motifs is 1. The average Bonchev–Trinajstić information content (AvgIpc) is 2.82. The number of nitrogens with one attached hydrogen (secondary N) is 1. The fraction of sp³-hybridized carbons (Fsp3) is 0.500. The lowest BCUT2D eigenvalue weighted by Gasteiger charge is -2.36. The molecule has 3 rings (SSSR count). The average molecular weight is 244 g/mol. The molecule has 1 aromatic carbocycles. The molecule has 0 spiro atoms. The molecule has 2 aromatic rings. The van der Waals surface area contributed by atoms with Crippen molar-refractivity contribution in [1.82, 2.24) is 14.9 Å². The molecule has 2 heterocycles. The van der Waals surface area contributed by atoms with Gasteiger partial charge in [0, 0.05) is 32.2 Å². The Balaban J connectivity index is 1.76. The minimum absolute atomic E-state index is 0.642. The number of imidazole rings is 1. The lowest BCUT2D eigenvalue weighted by atomic mass is 10.2. The molecule has 0 saturated carbocycles. The lowest BCUT2D eigenvalue weighted by molar-refractivity contribution is 0.208. The van der Waals surface area contributed by atoms with Crippen LogP contribution in [0.15, 0.2) is 24.3 Å². The molecule has 1 saturated heterocycles. The maximum absolute atomic E-state index is 4.66. The van der Waals surface area contributed by atoms with Crippen LogP contribution in [0.1, 0.15) is 13.8 Å². The van der Waals surface area contributed by atoms with Gasteiger partial charge in [0.05, 0.1) is 11.0 Å². The Morgan fingerprint density at radius 3 is 2.50 bits per heavy atom. The summed E-state index contributed by atoms with van der Waals surface area (Å²) >= 11 is 0. The zero-order chi connectivity index (χ0) is 12.5. The van der Waals surface area contributed by atoms with E-state index in [1.807, 2.05) is 12.1 Å². The monoisotopic (exact) mass is 244 g/mol. The van der Waals surface area contributed by atoms with E-state index in [1.165, 1.54) is 0 Å². The largest absolute Gasteiger partial charge is 0.340 e. The van der Waals surface area contributed by atoms with E-state index in [9.17, 15) is 0 Å². The van der Waals surface area contributed by atoms with Gasteiger partial charge >= 0.3 is 0 Å². The molecule has 0 amide bonds. The fourth-order valence-corrected chi connectivity index (χ4v) is 2.54. The first-order valence-corrected chi connectivity index (χ1v) is 6.68. The second-order valence-electron chi connectivity index (χ2n) is 5.19. The molecule has 1 aromatic heterocycles. The first-order chi connectivity index (χ1) is 8.74. The molecule has 1 aliphatic heterocycles. The number of aromatic nitrogens is 2. The van der Waals surface area contributed by atoms with Crippen LogP contribution < -0.4 is 4.90 Å². The highest BCUT2D eigenvalue weighted by Gasteiger charge is 2.20. The molecule has 0 aliphatic carbocycles. The van der Waals surface area contributed by atoms with E-state index in [0.717, 1.165) is 43.2 Å². The lowest BCUT2D eigenvalue weighted by Crippen LogP contribution is -2.49. The third-order valence-electron chi connectivity index (χ3n) is 3.72. The Morgan fingerprint density at radius 1 is 1.11 bits per heavy atom. The van der Waals surface area contributed by atoms with Gasteiger partial charge in [0.1, 0.15) is 0 Å². The van der Waals surface area contributed by atoms with Gasteiger partial charge in [-0.1, -0.05) is 12.1 Å². The number of rotatable bonds is 2. The number of hydrogen-bond donors (Lipinski definition) is 1. The van der Waals surface area contributed by atoms with Crippen molar-refractivity contribution in [3.8, 4) is 0 Å². The van der Waals surface area contributed by atoms with Crippen LogP contribution in [-0.4, -0.2) is 47.1 Å². The van der Waals surface area contributed by atoms with Gasteiger partial charge in [-0.3, -0.25) is 4.90 Å². The van der Waals surface area contributed by atoms with Crippen LogP contribution in [0.3, 0.4) is 0 Å². The number of benzene rings is 1. The molecular weight excluding hydrogens is 224 g/mol. The van der Waals surface area contributed by atoms with E-state index in [0.29, 0.717) is 6.04 Å². The molecular formula is C14H20N4. The molecule has 1 fully saturated rings. The summed E-state index contributed by atoms with van der Waals surface area (Å²) in [6, 6.07) is 8.85. The van der Waals surface area contributed by atoms with E-state index in [2.05, 4.69) is 45.7 Å². The van der Waals surface area contributed by atoms with Crippen LogP contribution >= 0.6 is 0 Å². The SMILES string of the molecule is CC(C)N1CCN(c2nc3ccccc3[nH]2)CC1. The third-order valence-corrected chi connectivity index (χ3v) is 3.72. The summed E-state index contributed by atoms with van der Waals surface area (Å²) in [7, 11) is 0. The van der Waals surface area contributed by atoms with E-state index in [1.54, 1.807) is 0 Å². The second kappa shape index (κ2) is 4.61. The second-order valence-corrected chi connectivity index (χ2v) is 5.19. The first kappa shape index (κ1) is 11.5. The fourth-order valence-electron chi connectivity index (χ4n) is 2.54. The van der Waals surface area contributed by atoms with Gasteiger partial charge in [-0.25, -0.2) is 4.98 Å². The summed E-state index contributed by atoms with van der Waals surface area (Å²) in [5.74, 6) is 1.01. The number of para-hydroxylation sites is 2. The molecule has 0 atom stereocenters. The van der Waals surface area contributed by atoms with Crippen molar-refractivity contribution in [3.05, 3.63) is 24.3 Å². The van der Waals surface area contributed by atoms with Gasteiger partial charge in [-0.05, 0) is 26.0 Å². The standard InChI is InChI=1S/C14H20N4/c1-11(2)17-7-9-18(10-8-17)14-15-12-5-3-4-6-13(12)16-14/h3-6,11H,7-10H2,1-2H3,(H,15,16). The van der Waals surface area contributed by atoms with Crippen LogP contribution in [0.4, 0.5) is 5.95 Å². The van der Waals surface area contributed by atoms with Crippen molar-refractivity contribution in [2.24, 2.45) is 0 Å². The number of aromatic amines is 1. The minimum atomic E-state index is 0.642. The molecule has 1 N–H and O–H groups in total. The van der Waals surface area contributed by atoms with Crippen molar-refractivity contribution in [1.29, 1.82) is 0 Å². The molecule has 0 bridgehead atoms. The zero-order valence-corrected chi connectivity index (χ0v) is 11.1. The Hall–Kier alpha value is -1.55. The van der Waals surface area contributed by atoms with Crippen molar-refractivity contribution in [2.75, 3.05) is 31.1 Å². The van der Waals surface area contributed by atoms with Gasteiger partial charge in [0.25, 0.3) is 0 Å². The molecule has 4 heteroatoms. The van der Waals surface area contributed by atoms with Gasteiger partial charge in [-0.15, -0.1) is 0 Å². The van der Waals surface area contributed by atoms with E-state index >= 15 is 0 Å². The summed E-state index contributed by atoms with van der Waals surface area (Å²) in [6.07, 6.45) is 0. The van der Waals surface area contributed by atoms with Crippen molar-refractivity contribution < 1.29 is 0 Å². The topological polar surface area (TPSA) is 35.2 Å². The van der Waals surface area contributed by atoms with Crippen molar-refractivity contribution >= 4 is 17.0 Å². The number of anilines is 1. The Bertz CT molecular complexity index is 490.